The lowest BCUT2D eigenvalue weighted by atomic mass is 8.92. The van der Waals surface area contributed by atoms with Crippen LogP contribution in [-0.2, 0) is 14.9 Å². The van der Waals surface area contributed by atoms with Gasteiger partial charge in [0.2, 0.25) is 5.89 Å². The van der Waals surface area contributed by atoms with E-state index < -0.39 is 5.82 Å². The van der Waals surface area contributed by atoms with Crippen molar-refractivity contribution >= 4 is 5.97 Å². The van der Waals surface area contributed by atoms with Gasteiger partial charge in [0.25, 0.3) is 0 Å². The fraction of sp³-hybridized carbons (Fsp3) is 0.750. The number of rotatable bonds is 2. The zero-order chi connectivity index (χ0) is 12.0. The first-order chi connectivity index (χ1) is 8.71. The van der Waals surface area contributed by atoms with E-state index in [1.807, 2.05) is 0 Å². The minimum absolute atomic E-state index is 0.0267. The molecule has 0 saturated heterocycles. The summed E-state index contributed by atoms with van der Waals surface area (Å²) in [5.41, 5.74) is -0.192. The highest BCUT2D eigenvalue weighted by Gasteiger charge is 3.13. The van der Waals surface area contributed by atoms with Crippen molar-refractivity contribution in [2.45, 2.75) is 5.41 Å². The van der Waals surface area contributed by atoms with Crippen LogP contribution in [0.15, 0.2) is 13.7 Å². The van der Waals surface area contributed by atoms with Crippen LogP contribution in [0, 0.1) is 40.9 Å². The molecule has 92 valence electrons. The Labute approximate surface area is 100 Å². The van der Waals surface area contributed by atoms with Crippen molar-refractivity contribution in [1.82, 2.24) is 5.16 Å². The molecule has 0 aliphatic heterocycles. The van der Waals surface area contributed by atoms with Gasteiger partial charge in [0, 0.05) is 0 Å². The van der Waals surface area contributed by atoms with E-state index in [1.165, 1.54) is 7.11 Å². The normalized spacial score (nSPS) is 62.5. The van der Waals surface area contributed by atoms with Gasteiger partial charge in [-0.3, -0.25) is 9.32 Å². The highest BCUT2D eigenvalue weighted by Crippen LogP contribution is 3.09. The number of hydrogen-bond acceptors (Lipinski definition) is 6. The first-order valence-electron chi connectivity index (χ1n) is 6.27. The van der Waals surface area contributed by atoms with Crippen LogP contribution in [0.3, 0.4) is 0 Å². The summed E-state index contributed by atoms with van der Waals surface area (Å²) >= 11 is 0. The maximum Gasteiger partial charge on any atom is 0.542 e. The van der Waals surface area contributed by atoms with Gasteiger partial charge in [-0.15, -0.1) is 0 Å². The van der Waals surface area contributed by atoms with Gasteiger partial charge in [-0.2, -0.15) is 0 Å². The molecule has 18 heavy (non-hydrogen) atoms. The molecule has 6 saturated carbocycles. The maximum atomic E-state index is 11.9. The lowest BCUT2D eigenvalue weighted by Crippen LogP contribution is -3.12. The highest BCUT2D eigenvalue weighted by atomic mass is 16.6. The van der Waals surface area contributed by atoms with Crippen LogP contribution in [0.25, 0.3) is 0 Å². The van der Waals surface area contributed by atoms with Crippen LogP contribution in [0.1, 0.15) is 5.89 Å². The molecule has 6 heteroatoms. The Morgan fingerprint density at radius 3 is 2.28 bits per heavy atom. The average molecular weight is 247 g/mol. The summed E-state index contributed by atoms with van der Waals surface area (Å²) in [4.78, 5) is 22.9. The second-order valence-corrected chi connectivity index (χ2v) is 6.35. The van der Waals surface area contributed by atoms with E-state index in [4.69, 9.17) is 9.15 Å². The lowest BCUT2D eigenvalue weighted by molar-refractivity contribution is -0.616. The van der Waals surface area contributed by atoms with Crippen molar-refractivity contribution < 1.29 is 18.5 Å². The number of ether oxygens (including phenoxy) is 1. The summed E-state index contributed by atoms with van der Waals surface area (Å²) in [6.07, 6.45) is 0. The van der Waals surface area contributed by atoms with E-state index in [0.717, 1.165) is 0 Å². The van der Waals surface area contributed by atoms with Crippen LogP contribution in [0.2, 0.25) is 0 Å². The summed E-state index contributed by atoms with van der Waals surface area (Å²) in [5.74, 6) is 2.52. The fourth-order valence-electron chi connectivity index (χ4n) is 6.90. The van der Waals surface area contributed by atoms with Gasteiger partial charge < -0.3 is 9.15 Å². The van der Waals surface area contributed by atoms with Crippen LogP contribution >= 0.6 is 0 Å². The van der Waals surface area contributed by atoms with Crippen LogP contribution in [0.5, 0.6) is 0 Å². The summed E-state index contributed by atoms with van der Waals surface area (Å²) in [6, 6.07) is 0. The Morgan fingerprint density at radius 2 is 1.83 bits per heavy atom. The molecular formula is C12H9NO5. The molecule has 1 aromatic heterocycles. The van der Waals surface area contributed by atoms with Crippen molar-refractivity contribution in [3.63, 3.8) is 0 Å². The van der Waals surface area contributed by atoms with Gasteiger partial charge in [-0.1, -0.05) is 0 Å². The van der Waals surface area contributed by atoms with Crippen molar-refractivity contribution in [1.29, 1.82) is 0 Å². The smallest absolute Gasteiger partial charge is 0.469 e. The quantitative estimate of drug-likeness (QED) is 0.672. The molecule has 7 rings (SSSR count). The predicted octanol–water partition coefficient (Wildman–Crippen LogP) is -0.210. The molecule has 6 aliphatic rings. The first-order valence-corrected chi connectivity index (χ1v) is 6.27. The third-order valence-corrected chi connectivity index (χ3v) is 6.92. The molecule has 6 aliphatic carbocycles. The molecule has 1 aromatic rings. The number of hydrogen-bond donors (Lipinski definition) is 0. The number of carbonyl (C=O) groups excluding carboxylic acids is 1. The van der Waals surface area contributed by atoms with Gasteiger partial charge in [-0.05, 0) is 40.7 Å². The van der Waals surface area contributed by atoms with Gasteiger partial charge in [0.1, 0.15) is 0 Å². The van der Waals surface area contributed by atoms with E-state index in [2.05, 4.69) is 9.68 Å². The highest BCUT2D eigenvalue weighted by molar-refractivity contribution is 5.89. The van der Waals surface area contributed by atoms with Gasteiger partial charge in [0.05, 0.1) is 17.9 Å². The van der Waals surface area contributed by atoms with Gasteiger partial charge in [0.15, 0.2) is 0 Å². The van der Waals surface area contributed by atoms with Gasteiger partial charge in [-0.25, -0.2) is 4.79 Å². The van der Waals surface area contributed by atoms with Crippen molar-refractivity contribution in [3.8, 4) is 0 Å². The van der Waals surface area contributed by atoms with Crippen molar-refractivity contribution in [3.05, 3.63) is 16.5 Å². The Bertz CT molecular complexity index is 646. The fourth-order valence-corrected chi connectivity index (χ4v) is 6.90. The molecule has 6 fully saturated rings. The van der Waals surface area contributed by atoms with Crippen LogP contribution in [-0.4, -0.2) is 18.2 Å². The molecule has 0 spiro atoms. The summed E-state index contributed by atoms with van der Waals surface area (Å²) in [6.45, 7) is 0. The van der Waals surface area contributed by atoms with Gasteiger partial charge >= 0.3 is 11.8 Å². The Morgan fingerprint density at radius 1 is 1.22 bits per heavy atom. The molecule has 0 radical (unpaired) electrons. The van der Waals surface area contributed by atoms with Crippen molar-refractivity contribution in [2.75, 3.05) is 7.11 Å². The minimum Gasteiger partial charge on any atom is -0.469 e. The first kappa shape index (κ1) is 8.50. The molecule has 0 bridgehead atoms. The topological polar surface area (TPSA) is 82.5 Å². The molecule has 0 unspecified atom stereocenters. The average Bonchev–Trinajstić information content (AvgIpc) is 2.84. The largest absolute Gasteiger partial charge is 0.542 e. The molecular weight excluding hydrogens is 238 g/mol. The van der Waals surface area contributed by atoms with Crippen LogP contribution in [0.4, 0.5) is 0 Å². The molecule has 6 nitrogen and oxygen atoms in total. The van der Waals surface area contributed by atoms with Crippen molar-refractivity contribution in [2.24, 2.45) is 40.9 Å². The summed E-state index contributed by atoms with van der Waals surface area (Å²) < 4.78 is 14.5. The molecule has 0 N–H and O–H groups in total. The third-order valence-electron chi connectivity index (χ3n) is 6.92. The van der Waals surface area contributed by atoms with E-state index in [1.54, 1.807) is 0 Å². The van der Waals surface area contributed by atoms with E-state index in [-0.39, 0.29) is 16.8 Å². The molecule has 0 atom stereocenters. The predicted molar refractivity (Wildman–Crippen MR) is 52.1 cm³/mol. The number of methoxy groups -OCH3 is 1. The summed E-state index contributed by atoms with van der Waals surface area (Å²) in [5, 5.41) is 3.78. The monoisotopic (exact) mass is 247 g/mol. The van der Waals surface area contributed by atoms with E-state index >= 15 is 0 Å². The minimum atomic E-state index is -0.721. The number of carbonyl (C=O) groups is 1. The molecule has 0 aromatic carbocycles. The molecule has 1 heterocycles. The Kier molecular flexibility index (Phi) is 0.881. The SMILES string of the molecule is COC(=O)C12C3C4C1C1C2C3C41c1noc(=O)o1. The van der Waals surface area contributed by atoms with E-state index in [0.29, 0.717) is 41.4 Å². The second kappa shape index (κ2) is 1.87. The second-order valence-electron chi connectivity index (χ2n) is 6.35. The standard InChI is InChI=1S/C12H9NO5/c1-16-9(14)12-5-2-6(12)4-7(12)3(5)11(2,4)8-13-18-10(15)17-8/h2-7H,1H3. The zero-order valence-electron chi connectivity index (χ0n) is 9.45. The third kappa shape index (κ3) is 0.391. The van der Waals surface area contributed by atoms with Crippen LogP contribution < -0.4 is 5.82 Å². The Balaban J connectivity index is 1.46. The molecule has 0 amide bonds. The number of esters is 1. The summed E-state index contributed by atoms with van der Waals surface area (Å²) in [7, 11) is 1.47. The number of nitrogens with zero attached hydrogens (tertiary/aromatic N) is 1. The lowest BCUT2D eigenvalue weighted by Gasteiger charge is -3.09. The Hall–Kier alpha value is -1.59. The van der Waals surface area contributed by atoms with E-state index in [9.17, 15) is 9.59 Å². The zero-order valence-corrected chi connectivity index (χ0v) is 9.45. The maximum absolute atomic E-state index is 11.9. The number of aromatic nitrogens is 1.